The van der Waals surface area contributed by atoms with Gasteiger partial charge in [0.05, 0.1) is 19.8 Å². The number of aliphatic hydroxyl groups is 1. The number of nitrogens with zero attached hydrogens (tertiary/aromatic N) is 1. The second-order valence-corrected chi connectivity index (χ2v) is 11.0. The zero-order chi connectivity index (χ0) is 29.8. The molecule has 41 heavy (non-hydrogen) atoms. The second-order valence-electron chi connectivity index (χ2n) is 9.40. The van der Waals surface area contributed by atoms with E-state index in [4.69, 9.17) is 14.2 Å². The first-order valence-corrected chi connectivity index (χ1v) is 13.6. The van der Waals surface area contributed by atoms with Gasteiger partial charge >= 0.3 is 21.3 Å². The van der Waals surface area contributed by atoms with E-state index in [2.05, 4.69) is 9.17 Å². The Labute approximate surface area is 232 Å². The SMILES string of the molecule is Cc1cn([C@@H]2O[C@@](COCc3ccccc3)(COS(=O)(=O)C(F)(F)F)[C@@H](OCc3ccccc3)[C@@H]2O)c(=O)[nH]c1=O. The lowest BCUT2D eigenvalue weighted by Gasteiger charge is -2.34. The van der Waals surface area contributed by atoms with Gasteiger partial charge in [-0.1, -0.05) is 60.7 Å². The quantitative estimate of drug-likeness (QED) is 0.250. The van der Waals surface area contributed by atoms with Crippen molar-refractivity contribution in [3.63, 3.8) is 0 Å². The minimum atomic E-state index is -6.10. The van der Waals surface area contributed by atoms with Gasteiger partial charge in [-0.2, -0.15) is 21.6 Å². The lowest BCUT2D eigenvalue weighted by atomic mass is 9.96. The molecule has 0 spiro atoms. The van der Waals surface area contributed by atoms with Crippen LogP contribution < -0.4 is 11.2 Å². The first-order valence-electron chi connectivity index (χ1n) is 12.2. The fourth-order valence-electron chi connectivity index (χ4n) is 4.28. The van der Waals surface area contributed by atoms with Crippen LogP contribution in [0.25, 0.3) is 0 Å². The largest absolute Gasteiger partial charge is 0.523 e. The highest BCUT2D eigenvalue weighted by atomic mass is 32.2. The fraction of sp³-hybridized carbons (Fsp3) is 0.385. The fourth-order valence-corrected chi connectivity index (χ4v) is 4.77. The number of benzene rings is 2. The van der Waals surface area contributed by atoms with E-state index in [1.165, 1.54) is 6.92 Å². The summed E-state index contributed by atoms with van der Waals surface area (Å²) in [6.07, 6.45) is -3.85. The van der Waals surface area contributed by atoms with Crippen LogP contribution in [0.2, 0.25) is 0 Å². The number of aromatic amines is 1. The van der Waals surface area contributed by atoms with E-state index in [1.54, 1.807) is 60.7 Å². The summed E-state index contributed by atoms with van der Waals surface area (Å²) in [4.78, 5) is 26.6. The van der Waals surface area contributed by atoms with Gasteiger partial charge in [-0.3, -0.25) is 18.5 Å². The second kappa shape index (κ2) is 12.3. The zero-order valence-corrected chi connectivity index (χ0v) is 22.4. The molecule has 222 valence electrons. The molecule has 3 aromatic rings. The van der Waals surface area contributed by atoms with Crippen molar-refractivity contribution in [1.82, 2.24) is 9.55 Å². The molecule has 0 aliphatic carbocycles. The number of alkyl halides is 3. The number of nitrogens with one attached hydrogen (secondary N) is 1. The Hall–Kier alpha value is -3.34. The maximum absolute atomic E-state index is 13.2. The summed E-state index contributed by atoms with van der Waals surface area (Å²) in [6, 6.07) is 17.2. The Kier molecular flexibility index (Phi) is 9.16. The Balaban J connectivity index is 1.73. The molecule has 0 amide bonds. The maximum atomic E-state index is 13.2. The average Bonchev–Trinajstić information content (AvgIpc) is 3.20. The summed E-state index contributed by atoms with van der Waals surface area (Å²) >= 11 is 0. The maximum Gasteiger partial charge on any atom is 0.523 e. The molecule has 0 radical (unpaired) electrons. The van der Waals surface area contributed by atoms with Crippen LogP contribution in [0.1, 0.15) is 22.9 Å². The van der Waals surface area contributed by atoms with Gasteiger partial charge in [-0.25, -0.2) is 4.79 Å². The Morgan fingerprint density at radius 1 is 1.00 bits per heavy atom. The van der Waals surface area contributed by atoms with Crippen molar-refractivity contribution in [2.24, 2.45) is 0 Å². The summed E-state index contributed by atoms with van der Waals surface area (Å²) in [5.74, 6) is 0. The number of aryl methyl sites for hydroxylation is 1. The molecule has 1 aliphatic heterocycles. The van der Waals surface area contributed by atoms with Crippen molar-refractivity contribution in [3.05, 3.63) is 104 Å². The van der Waals surface area contributed by atoms with Gasteiger partial charge in [0.1, 0.15) is 24.4 Å². The predicted octanol–water partition coefficient (Wildman–Crippen LogP) is 2.14. The number of hydrogen-bond acceptors (Lipinski definition) is 9. The standard InChI is InChI=1S/C26H27F3N2O9S/c1-17-12-31(24(34)30-22(17)33)23-20(32)21(38-14-19-10-6-3-7-11-19)25(40-23,16-39-41(35,36)26(27,28)29)15-37-13-18-8-4-2-5-9-18/h2-12,20-21,23,32H,13-16H2,1H3,(H,30,33,34)/t20-,21-,23+,25-/m0/s1. The molecule has 15 heteroatoms. The number of hydrogen-bond donors (Lipinski definition) is 2. The molecule has 1 aromatic heterocycles. The number of halogens is 3. The number of ether oxygens (including phenoxy) is 3. The predicted molar refractivity (Wildman–Crippen MR) is 137 cm³/mol. The van der Waals surface area contributed by atoms with Gasteiger partial charge in [0, 0.05) is 11.8 Å². The molecule has 2 N–H and O–H groups in total. The van der Waals surface area contributed by atoms with Crippen LogP contribution in [-0.2, 0) is 41.7 Å². The monoisotopic (exact) mass is 600 g/mol. The van der Waals surface area contributed by atoms with Crippen molar-refractivity contribution < 1.29 is 45.1 Å². The van der Waals surface area contributed by atoms with Crippen LogP contribution in [0, 0.1) is 6.92 Å². The Morgan fingerprint density at radius 3 is 2.17 bits per heavy atom. The van der Waals surface area contributed by atoms with Gasteiger partial charge in [-0.15, -0.1) is 0 Å². The van der Waals surface area contributed by atoms with Crippen LogP contribution in [0.5, 0.6) is 0 Å². The number of aromatic nitrogens is 2. The lowest BCUT2D eigenvalue weighted by Crippen LogP contribution is -2.52. The van der Waals surface area contributed by atoms with Crippen LogP contribution >= 0.6 is 0 Å². The summed E-state index contributed by atoms with van der Waals surface area (Å²) in [5.41, 5.74) is -8.25. The molecule has 0 saturated carbocycles. The smallest absolute Gasteiger partial charge is 0.386 e. The number of aliphatic hydroxyl groups excluding tert-OH is 1. The summed E-state index contributed by atoms with van der Waals surface area (Å²) < 4.78 is 86.1. The first-order chi connectivity index (χ1) is 19.3. The molecule has 1 saturated heterocycles. The van der Waals surface area contributed by atoms with E-state index < -0.39 is 64.1 Å². The van der Waals surface area contributed by atoms with Crippen LogP contribution in [0.4, 0.5) is 13.2 Å². The highest BCUT2D eigenvalue weighted by Crippen LogP contribution is 2.41. The van der Waals surface area contributed by atoms with Crippen molar-refractivity contribution in [2.75, 3.05) is 13.2 Å². The third-order valence-electron chi connectivity index (χ3n) is 6.37. The van der Waals surface area contributed by atoms with E-state index in [0.29, 0.717) is 11.1 Å². The Bertz CT molecular complexity index is 1550. The van der Waals surface area contributed by atoms with Gasteiger partial charge < -0.3 is 19.3 Å². The molecular weight excluding hydrogens is 573 g/mol. The lowest BCUT2D eigenvalue weighted by molar-refractivity contribution is -0.173. The summed E-state index contributed by atoms with van der Waals surface area (Å²) in [6.45, 7) is -0.756. The van der Waals surface area contributed by atoms with Crippen LogP contribution in [0.3, 0.4) is 0 Å². The third-order valence-corrected chi connectivity index (χ3v) is 7.36. The molecule has 4 rings (SSSR count). The Morgan fingerprint density at radius 2 is 1.59 bits per heavy atom. The molecule has 2 heterocycles. The molecular formula is C26H27F3N2O9S. The van der Waals surface area contributed by atoms with Gasteiger partial charge in [-0.05, 0) is 18.1 Å². The van der Waals surface area contributed by atoms with E-state index in [1.807, 2.05) is 0 Å². The molecule has 4 atom stereocenters. The minimum Gasteiger partial charge on any atom is -0.386 e. The zero-order valence-electron chi connectivity index (χ0n) is 21.6. The van der Waals surface area contributed by atoms with E-state index in [9.17, 15) is 36.3 Å². The molecule has 0 bridgehead atoms. The van der Waals surface area contributed by atoms with E-state index in [0.717, 1.165) is 10.8 Å². The van der Waals surface area contributed by atoms with Crippen molar-refractivity contribution >= 4 is 10.1 Å². The molecule has 0 unspecified atom stereocenters. The highest BCUT2D eigenvalue weighted by molar-refractivity contribution is 7.87. The normalized spacial score (nSPS) is 23.1. The van der Waals surface area contributed by atoms with E-state index in [-0.39, 0.29) is 18.8 Å². The minimum absolute atomic E-state index is 0.0656. The molecule has 1 fully saturated rings. The number of rotatable bonds is 11. The molecule has 2 aromatic carbocycles. The van der Waals surface area contributed by atoms with Crippen LogP contribution in [0.15, 0.2) is 76.4 Å². The van der Waals surface area contributed by atoms with Crippen molar-refractivity contribution in [2.45, 2.75) is 49.7 Å². The third kappa shape index (κ3) is 6.94. The van der Waals surface area contributed by atoms with Crippen LogP contribution in [-0.4, -0.2) is 59.6 Å². The van der Waals surface area contributed by atoms with Gasteiger partial charge in [0.2, 0.25) is 0 Å². The topological polar surface area (TPSA) is 146 Å². The number of H-pyrrole nitrogens is 1. The van der Waals surface area contributed by atoms with Gasteiger partial charge in [0.25, 0.3) is 5.56 Å². The van der Waals surface area contributed by atoms with E-state index >= 15 is 0 Å². The first kappa shape index (κ1) is 30.6. The van der Waals surface area contributed by atoms with Crippen molar-refractivity contribution in [3.8, 4) is 0 Å². The van der Waals surface area contributed by atoms with Gasteiger partial charge in [0.15, 0.2) is 6.23 Å². The average molecular weight is 601 g/mol. The van der Waals surface area contributed by atoms with Crippen molar-refractivity contribution in [1.29, 1.82) is 0 Å². The molecule has 1 aliphatic rings. The molecule has 11 nitrogen and oxygen atoms in total. The summed E-state index contributed by atoms with van der Waals surface area (Å²) in [7, 11) is -6.10. The summed E-state index contributed by atoms with van der Waals surface area (Å²) in [5, 5.41) is 11.3. The highest BCUT2D eigenvalue weighted by Gasteiger charge is 2.59.